The zero-order valence-corrected chi connectivity index (χ0v) is 14.0. The van der Waals surface area contributed by atoms with Gasteiger partial charge in [-0.05, 0) is 67.9 Å². The van der Waals surface area contributed by atoms with Crippen LogP contribution in [0.5, 0.6) is 5.75 Å². The Labute approximate surface area is 146 Å². The van der Waals surface area contributed by atoms with Crippen molar-refractivity contribution in [1.82, 2.24) is 5.32 Å². The molecule has 0 bridgehead atoms. The van der Waals surface area contributed by atoms with Crippen LogP contribution in [-0.2, 0) is 16.0 Å². The smallest absolute Gasteiger partial charge is 0.269 e. The first-order chi connectivity index (χ1) is 12.1. The van der Waals surface area contributed by atoms with Gasteiger partial charge in [0, 0.05) is 5.57 Å². The summed E-state index contributed by atoms with van der Waals surface area (Å²) in [6.07, 6.45) is 7.50. The fourth-order valence-electron chi connectivity index (χ4n) is 2.77. The highest BCUT2D eigenvalue weighted by Crippen LogP contribution is 2.31. The van der Waals surface area contributed by atoms with E-state index < -0.39 is 11.6 Å². The van der Waals surface area contributed by atoms with Gasteiger partial charge in [-0.2, -0.15) is 0 Å². The quantitative estimate of drug-likeness (QED) is 0.507. The highest BCUT2D eigenvalue weighted by Gasteiger charge is 2.33. The van der Waals surface area contributed by atoms with Crippen molar-refractivity contribution in [2.24, 2.45) is 0 Å². The number of Topliss-reactive ketones (excluding diaryl/α,β-unsaturated/α-hetero) is 2. The Morgan fingerprint density at radius 3 is 2.48 bits per heavy atom. The van der Waals surface area contributed by atoms with Crippen molar-refractivity contribution in [3.63, 3.8) is 0 Å². The second kappa shape index (κ2) is 7.40. The lowest BCUT2D eigenvalue weighted by Gasteiger charge is -2.20. The molecule has 25 heavy (non-hydrogen) atoms. The number of hydrogen-bond donors (Lipinski definition) is 1. The van der Waals surface area contributed by atoms with Crippen LogP contribution in [0.2, 0.25) is 0 Å². The van der Waals surface area contributed by atoms with Crippen LogP contribution < -0.4 is 10.1 Å². The fourth-order valence-corrected chi connectivity index (χ4v) is 2.77. The number of allylic oxidation sites excluding steroid dienone is 6. The third kappa shape index (κ3) is 3.67. The Balaban J connectivity index is 1.87. The van der Waals surface area contributed by atoms with E-state index in [1.54, 1.807) is 6.07 Å². The van der Waals surface area contributed by atoms with E-state index in [1.807, 2.05) is 12.1 Å². The van der Waals surface area contributed by atoms with Gasteiger partial charge in [0.05, 0.1) is 5.56 Å². The first-order valence-corrected chi connectivity index (χ1v) is 8.35. The molecule has 1 aromatic rings. The molecule has 1 heterocycles. The lowest BCUT2D eigenvalue weighted by Crippen LogP contribution is -2.27. The van der Waals surface area contributed by atoms with Crippen molar-refractivity contribution in [2.75, 3.05) is 13.1 Å². The van der Waals surface area contributed by atoms with Crippen LogP contribution in [0.3, 0.4) is 0 Å². The Morgan fingerprint density at radius 1 is 1.00 bits per heavy atom. The van der Waals surface area contributed by atoms with E-state index >= 15 is 0 Å². The van der Waals surface area contributed by atoms with Crippen molar-refractivity contribution in [3.05, 3.63) is 65.0 Å². The molecule has 5 nitrogen and oxygen atoms in total. The summed E-state index contributed by atoms with van der Waals surface area (Å²) in [5.41, 5.74) is 1.76. The number of aryl methyl sites for hydroxylation is 1. The summed E-state index contributed by atoms with van der Waals surface area (Å²) < 4.78 is 5.74. The topological polar surface area (TPSA) is 72.5 Å². The van der Waals surface area contributed by atoms with Crippen molar-refractivity contribution < 1.29 is 19.1 Å². The number of fused-ring (bicyclic) bond motifs is 1. The van der Waals surface area contributed by atoms with E-state index in [9.17, 15) is 14.4 Å². The first kappa shape index (κ1) is 17.0. The number of hydrogen-bond acceptors (Lipinski definition) is 5. The molecule has 0 atom stereocenters. The van der Waals surface area contributed by atoms with Crippen LogP contribution in [-0.4, -0.2) is 30.4 Å². The highest BCUT2D eigenvalue weighted by atomic mass is 16.5. The van der Waals surface area contributed by atoms with Gasteiger partial charge in [0.1, 0.15) is 5.75 Å². The minimum absolute atomic E-state index is 0.0256. The van der Waals surface area contributed by atoms with Crippen molar-refractivity contribution in [2.45, 2.75) is 19.8 Å². The summed E-state index contributed by atoms with van der Waals surface area (Å²) >= 11 is 0. The molecule has 0 unspecified atom stereocenters. The second-order valence-electron chi connectivity index (χ2n) is 5.90. The maximum atomic E-state index is 12.4. The molecule has 3 rings (SSSR count). The van der Waals surface area contributed by atoms with Gasteiger partial charge in [0.2, 0.25) is 5.78 Å². The van der Waals surface area contributed by atoms with Crippen LogP contribution in [0, 0.1) is 0 Å². The van der Waals surface area contributed by atoms with Crippen LogP contribution in [0.4, 0.5) is 0 Å². The SMILES string of the molecule is CCNCCCc1ccc2c(c1)OC(=C1C=CC(=O)C=C1)C(=O)C2=O. The van der Waals surface area contributed by atoms with E-state index in [1.165, 1.54) is 24.3 Å². The van der Waals surface area contributed by atoms with Gasteiger partial charge < -0.3 is 10.1 Å². The molecule has 0 amide bonds. The zero-order chi connectivity index (χ0) is 17.8. The molecule has 1 aliphatic carbocycles. The molecule has 0 saturated carbocycles. The van der Waals surface area contributed by atoms with Crippen LogP contribution in [0.15, 0.2) is 53.8 Å². The normalized spacial score (nSPS) is 16.3. The number of benzene rings is 1. The van der Waals surface area contributed by atoms with Crippen molar-refractivity contribution in [3.8, 4) is 5.75 Å². The summed E-state index contributed by atoms with van der Waals surface area (Å²) in [5.74, 6) is -1.07. The Bertz CT molecular complexity index is 812. The lowest BCUT2D eigenvalue weighted by atomic mass is 9.96. The van der Waals surface area contributed by atoms with Gasteiger partial charge in [0.25, 0.3) is 5.78 Å². The van der Waals surface area contributed by atoms with Gasteiger partial charge in [-0.25, -0.2) is 0 Å². The highest BCUT2D eigenvalue weighted by molar-refractivity contribution is 6.50. The molecule has 2 aliphatic rings. The molecular weight excluding hydrogens is 318 g/mol. The van der Waals surface area contributed by atoms with Crippen molar-refractivity contribution in [1.29, 1.82) is 0 Å². The van der Waals surface area contributed by atoms with Crippen LogP contribution in [0.1, 0.15) is 29.3 Å². The number of carbonyl (C=O) groups excluding carboxylic acids is 3. The van der Waals surface area contributed by atoms with E-state index in [2.05, 4.69) is 12.2 Å². The lowest BCUT2D eigenvalue weighted by molar-refractivity contribution is -0.114. The second-order valence-corrected chi connectivity index (χ2v) is 5.90. The third-order valence-corrected chi connectivity index (χ3v) is 4.10. The predicted molar refractivity (Wildman–Crippen MR) is 93.6 cm³/mol. The Kier molecular flexibility index (Phi) is 5.05. The number of nitrogens with one attached hydrogen (secondary N) is 1. The standard InChI is InChI=1S/C20H19NO4/c1-2-21-11-3-4-13-5-10-16-17(12-13)25-20(19(24)18(16)23)14-6-8-15(22)9-7-14/h5-10,12,21H,2-4,11H2,1H3. The number of ketones is 3. The summed E-state index contributed by atoms with van der Waals surface area (Å²) in [6, 6.07) is 5.32. The molecule has 1 aromatic carbocycles. The monoisotopic (exact) mass is 337 g/mol. The maximum absolute atomic E-state index is 12.4. The molecular formula is C20H19NO4. The van der Waals surface area contributed by atoms with Gasteiger partial charge in [-0.15, -0.1) is 0 Å². The molecule has 1 aliphatic heterocycles. The maximum Gasteiger partial charge on any atom is 0.269 e. The van der Waals surface area contributed by atoms with Crippen LogP contribution in [0.25, 0.3) is 0 Å². The van der Waals surface area contributed by atoms with Gasteiger partial charge in [-0.3, -0.25) is 14.4 Å². The summed E-state index contributed by atoms with van der Waals surface area (Å²) in [6.45, 7) is 3.92. The minimum atomic E-state index is -0.689. The van der Waals surface area contributed by atoms with E-state index in [0.29, 0.717) is 11.3 Å². The molecule has 0 fully saturated rings. The average Bonchev–Trinajstić information content (AvgIpc) is 2.62. The zero-order valence-electron chi connectivity index (χ0n) is 14.0. The predicted octanol–water partition coefficient (Wildman–Crippen LogP) is 2.32. The Morgan fingerprint density at radius 2 is 1.76 bits per heavy atom. The number of rotatable bonds is 5. The minimum Gasteiger partial charge on any atom is -0.452 e. The fraction of sp³-hybridized carbons (Fsp3) is 0.250. The summed E-state index contributed by atoms with van der Waals surface area (Å²) in [4.78, 5) is 35.9. The number of ether oxygens (including phenoxy) is 1. The van der Waals surface area contributed by atoms with E-state index in [4.69, 9.17) is 4.74 Å². The van der Waals surface area contributed by atoms with E-state index in [0.717, 1.165) is 31.5 Å². The van der Waals surface area contributed by atoms with Crippen molar-refractivity contribution >= 4 is 17.3 Å². The van der Waals surface area contributed by atoms with Gasteiger partial charge in [0.15, 0.2) is 11.5 Å². The van der Waals surface area contributed by atoms with Crippen LogP contribution >= 0.6 is 0 Å². The van der Waals surface area contributed by atoms with E-state index in [-0.39, 0.29) is 17.1 Å². The largest absolute Gasteiger partial charge is 0.452 e. The summed E-state index contributed by atoms with van der Waals surface area (Å²) in [5, 5.41) is 3.27. The molecule has 1 N–H and O–H groups in total. The molecule has 128 valence electrons. The first-order valence-electron chi connectivity index (χ1n) is 8.35. The molecule has 0 radical (unpaired) electrons. The molecule has 0 spiro atoms. The Hall–Kier alpha value is -2.79. The molecule has 0 saturated heterocycles. The van der Waals surface area contributed by atoms with Gasteiger partial charge >= 0.3 is 0 Å². The third-order valence-electron chi connectivity index (χ3n) is 4.10. The summed E-state index contributed by atoms with van der Waals surface area (Å²) in [7, 11) is 0. The molecule has 5 heteroatoms. The molecule has 0 aromatic heterocycles. The number of carbonyl (C=O) groups is 3. The average molecular weight is 337 g/mol. The van der Waals surface area contributed by atoms with Gasteiger partial charge in [-0.1, -0.05) is 13.0 Å².